The van der Waals surface area contributed by atoms with Crippen LogP contribution in [0.1, 0.15) is 18.2 Å². The molecule has 2 N–H and O–H groups in total. The summed E-state index contributed by atoms with van der Waals surface area (Å²) in [7, 11) is 0. The molecule has 1 saturated heterocycles. The molecule has 0 spiro atoms. The molecule has 0 amide bonds. The summed E-state index contributed by atoms with van der Waals surface area (Å²) in [6.07, 6.45) is 0. The number of hydrogen-bond acceptors (Lipinski definition) is 4. The summed E-state index contributed by atoms with van der Waals surface area (Å²) in [6.45, 7) is 7.03. The zero-order valence-electron chi connectivity index (χ0n) is 12.0. The third kappa shape index (κ3) is 2.76. The molecule has 2 aromatic rings. The van der Waals surface area contributed by atoms with E-state index in [0.29, 0.717) is 5.92 Å². The Hall–Kier alpha value is -1.65. The van der Waals surface area contributed by atoms with E-state index in [4.69, 9.17) is 10.3 Å². The Morgan fingerprint density at radius 1 is 1.30 bits per heavy atom. The molecule has 0 aliphatic carbocycles. The van der Waals surface area contributed by atoms with Crippen LogP contribution in [0.25, 0.3) is 11.3 Å². The van der Waals surface area contributed by atoms with Crippen LogP contribution in [0.4, 0.5) is 0 Å². The van der Waals surface area contributed by atoms with Gasteiger partial charge in [-0.1, -0.05) is 41.9 Å². The third-order valence-electron chi connectivity index (χ3n) is 4.03. The summed E-state index contributed by atoms with van der Waals surface area (Å²) >= 11 is 0. The van der Waals surface area contributed by atoms with Crippen LogP contribution in [0.2, 0.25) is 0 Å². The number of aromatic nitrogens is 1. The molecule has 1 aliphatic rings. The van der Waals surface area contributed by atoms with Crippen LogP contribution in [0, 0.1) is 12.8 Å². The molecule has 1 aromatic carbocycles. The number of aryl methyl sites for hydroxylation is 1. The topological polar surface area (TPSA) is 55.3 Å². The molecule has 2 atom stereocenters. The number of nitrogens with zero attached hydrogens (tertiary/aromatic N) is 2. The quantitative estimate of drug-likeness (QED) is 0.931. The molecule has 1 aliphatic heterocycles. The predicted octanol–water partition coefficient (Wildman–Crippen LogP) is 2.43. The van der Waals surface area contributed by atoms with E-state index in [1.807, 2.05) is 6.07 Å². The SMILES string of the molecule is Cc1ccc(-c2cc(CN3CC(C)C(N)C3)on2)cc1. The van der Waals surface area contributed by atoms with Crippen LogP contribution in [-0.2, 0) is 6.54 Å². The first-order chi connectivity index (χ1) is 9.61. The number of nitrogens with two attached hydrogens (primary N) is 1. The molecule has 1 aromatic heterocycles. The van der Waals surface area contributed by atoms with Crippen molar-refractivity contribution < 1.29 is 4.52 Å². The van der Waals surface area contributed by atoms with Gasteiger partial charge in [0.05, 0.1) is 6.54 Å². The number of rotatable bonds is 3. The van der Waals surface area contributed by atoms with E-state index in [1.54, 1.807) is 0 Å². The number of hydrogen-bond donors (Lipinski definition) is 1. The smallest absolute Gasteiger partial charge is 0.151 e. The van der Waals surface area contributed by atoms with Gasteiger partial charge in [-0.3, -0.25) is 4.90 Å². The maximum Gasteiger partial charge on any atom is 0.151 e. The van der Waals surface area contributed by atoms with Gasteiger partial charge >= 0.3 is 0 Å². The van der Waals surface area contributed by atoms with Crippen LogP contribution in [0.3, 0.4) is 0 Å². The van der Waals surface area contributed by atoms with Crippen molar-refractivity contribution in [3.63, 3.8) is 0 Å². The van der Waals surface area contributed by atoms with Crippen molar-refractivity contribution in [3.05, 3.63) is 41.7 Å². The fourth-order valence-corrected chi connectivity index (χ4v) is 2.69. The van der Waals surface area contributed by atoms with Crippen LogP contribution < -0.4 is 5.73 Å². The first-order valence-corrected chi connectivity index (χ1v) is 7.12. The van der Waals surface area contributed by atoms with Crippen molar-refractivity contribution in [1.82, 2.24) is 10.1 Å². The fourth-order valence-electron chi connectivity index (χ4n) is 2.69. The molecule has 2 heterocycles. The van der Waals surface area contributed by atoms with Crippen molar-refractivity contribution in [2.75, 3.05) is 13.1 Å². The second-order valence-corrected chi connectivity index (χ2v) is 5.88. The summed E-state index contributed by atoms with van der Waals surface area (Å²) in [6, 6.07) is 10.6. The van der Waals surface area contributed by atoms with Crippen LogP contribution in [0.15, 0.2) is 34.9 Å². The van der Waals surface area contributed by atoms with E-state index in [-0.39, 0.29) is 6.04 Å². The molecule has 0 saturated carbocycles. The van der Waals surface area contributed by atoms with Crippen molar-refractivity contribution in [3.8, 4) is 11.3 Å². The summed E-state index contributed by atoms with van der Waals surface area (Å²) < 4.78 is 5.45. The lowest BCUT2D eigenvalue weighted by molar-refractivity contribution is 0.267. The highest BCUT2D eigenvalue weighted by Gasteiger charge is 2.27. The van der Waals surface area contributed by atoms with E-state index in [0.717, 1.165) is 36.7 Å². The molecule has 4 nitrogen and oxygen atoms in total. The lowest BCUT2D eigenvalue weighted by atomic mass is 10.1. The average Bonchev–Trinajstić information content (AvgIpc) is 2.99. The Morgan fingerprint density at radius 2 is 2.05 bits per heavy atom. The first kappa shape index (κ1) is 13.3. The molecule has 106 valence electrons. The molecule has 0 radical (unpaired) electrons. The van der Waals surface area contributed by atoms with Crippen LogP contribution >= 0.6 is 0 Å². The molecular formula is C16H21N3O. The molecule has 0 bridgehead atoms. The lowest BCUT2D eigenvalue weighted by Crippen LogP contribution is -2.28. The Labute approximate surface area is 119 Å². The van der Waals surface area contributed by atoms with Gasteiger partial charge < -0.3 is 10.3 Å². The van der Waals surface area contributed by atoms with E-state index < -0.39 is 0 Å². The predicted molar refractivity (Wildman–Crippen MR) is 79.1 cm³/mol. The first-order valence-electron chi connectivity index (χ1n) is 7.12. The van der Waals surface area contributed by atoms with Crippen LogP contribution in [0.5, 0.6) is 0 Å². The highest BCUT2D eigenvalue weighted by atomic mass is 16.5. The largest absolute Gasteiger partial charge is 0.359 e. The number of likely N-dealkylation sites (tertiary alicyclic amines) is 1. The summed E-state index contributed by atoms with van der Waals surface area (Å²) in [5, 5.41) is 4.16. The van der Waals surface area contributed by atoms with Crippen molar-refractivity contribution in [2.24, 2.45) is 11.7 Å². The standard InChI is InChI=1S/C16H21N3O/c1-11-3-5-13(6-4-11)16-7-14(20-18-16)9-19-8-12(2)15(17)10-19/h3-7,12,15H,8-10,17H2,1-2H3. The minimum Gasteiger partial charge on any atom is -0.359 e. The second-order valence-electron chi connectivity index (χ2n) is 5.88. The van der Waals surface area contributed by atoms with E-state index in [1.165, 1.54) is 5.56 Å². The van der Waals surface area contributed by atoms with Gasteiger partial charge in [0, 0.05) is 30.8 Å². The maximum absolute atomic E-state index is 6.04. The fraction of sp³-hybridized carbons (Fsp3) is 0.438. The minimum absolute atomic E-state index is 0.273. The zero-order valence-corrected chi connectivity index (χ0v) is 12.0. The van der Waals surface area contributed by atoms with Gasteiger partial charge in [-0.25, -0.2) is 0 Å². The van der Waals surface area contributed by atoms with E-state index in [2.05, 4.69) is 48.2 Å². The van der Waals surface area contributed by atoms with Gasteiger partial charge in [0.2, 0.25) is 0 Å². The maximum atomic E-state index is 6.04. The van der Waals surface area contributed by atoms with Gasteiger partial charge in [-0.15, -0.1) is 0 Å². The third-order valence-corrected chi connectivity index (χ3v) is 4.03. The monoisotopic (exact) mass is 271 g/mol. The summed E-state index contributed by atoms with van der Waals surface area (Å²) in [5.41, 5.74) is 9.29. The normalized spacial score (nSPS) is 23.4. The molecular weight excluding hydrogens is 250 g/mol. The highest BCUT2D eigenvalue weighted by molar-refractivity contribution is 5.59. The summed E-state index contributed by atoms with van der Waals surface area (Å²) in [4.78, 5) is 2.33. The molecule has 20 heavy (non-hydrogen) atoms. The average molecular weight is 271 g/mol. The van der Waals surface area contributed by atoms with Crippen molar-refractivity contribution in [1.29, 1.82) is 0 Å². The molecule has 3 rings (SSSR count). The van der Waals surface area contributed by atoms with Crippen LogP contribution in [-0.4, -0.2) is 29.2 Å². The van der Waals surface area contributed by atoms with E-state index >= 15 is 0 Å². The van der Waals surface area contributed by atoms with Gasteiger partial charge in [-0.05, 0) is 12.8 Å². The van der Waals surface area contributed by atoms with Gasteiger partial charge in [-0.2, -0.15) is 0 Å². The summed E-state index contributed by atoms with van der Waals surface area (Å²) in [5.74, 6) is 1.45. The van der Waals surface area contributed by atoms with Crippen molar-refractivity contribution in [2.45, 2.75) is 26.4 Å². The number of benzene rings is 1. The van der Waals surface area contributed by atoms with Gasteiger partial charge in [0.25, 0.3) is 0 Å². The lowest BCUT2D eigenvalue weighted by Gasteiger charge is -2.11. The second kappa shape index (κ2) is 5.38. The van der Waals surface area contributed by atoms with Crippen molar-refractivity contribution >= 4 is 0 Å². The molecule has 4 heteroatoms. The Kier molecular flexibility index (Phi) is 3.59. The molecule has 1 fully saturated rings. The van der Waals surface area contributed by atoms with Gasteiger partial charge in [0.15, 0.2) is 5.76 Å². The minimum atomic E-state index is 0.273. The Bertz CT molecular complexity index is 566. The zero-order chi connectivity index (χ0) is 14.1. The Balaban J connectivity index is 1.69. The highest BCUT2D eigenvalue weighted by Crippen LogP contribution is 2.22. The van der Waals surface area contributed by atoms with Gasteiger partial charge in [0.1, 0.15) is 5.69 Å². The van der Waals surface area contributed by atoms with E-state index in [9.17, 15) is 0 Å². The molecule has 2 unspecified atom stereocenters. The Morgan fingerprint density at radius 3 is 2.70 bits per heavy atom.